The highest BCUT2D eigenvalue weighted by Gasteiger charge is 2.41. The number of carbonyl (C=O) groups excluding carboxylic acids is 1. The van der Waals surface area contributed by atoms with Gasteiger partial charge in [-0.3, -0.25) is 9.78 Å². The van der Waals surface area contributed by atoms with Crippen molar-refractivity contribution in [3.63, 3.8) is 0 Å². The molecule has 6 heteroatoms. The van der Waals surface area contributed by atoms with Crippen LogP contribution >= 0.6 is 0 Å². The van der Waals surface area contributed by atoms with Gasteiger partial charge in [-0.05, 0) is 44.4 Å². The molecule has 0 unspecified atom stereocenters. The fourth-order valence-electron chi connectivity index (χ4n) is 3.08. The number of likely N-dealkylation sites (tertiary alicyclic amines) is 1. The van der Waals surface area contributed by atoms with Crippen LogP contribution in [0.25, 0.3) is 0 Å². The van der Waals surface area contributed by atoms with Crippen molar-refractivity contribution in [2.75, 3.05) is 33.4 Å². The van der Waals surface area contributed by atoms with E-state index >= 15 is 0 Å². The Bertz CT molecular complexity index is 530. The number of ether oxygens (including phenoxy) is 1. The second kappa shape index (κ2) is 7.86. The van der Waals surface area contributed by atoms with Crippen molar-refractivity contribution >= 4 is 5.91 Å². The Morgan fingerprint density at radius 3 is 2.74 bits per heavy atom. The average molecular weight is 321 g/mol. The first-order chi connectivity index (χ1) is 10.9. The monoisotopic (exact) mass is 321 g/mol. The predicted molar refractivity (Wildman–Crippen MR) is 88.1 cm³/mol. The van der Waals surface area contributed by atoms with Gasteiger partial charge in [-0.25, -0.2) is 0 Å². The van der Waals surface area contributed by atoms with Gasteiger partial charge in [0.15, 0.2) is 5.60 Å². The van der Waals surface area contributed by atoms with Gasteiger partial charge in [0, 0.05) is 44.7 Å². The Hall–Kier alpha value is -1.50. The van der Waals surface area contributed by atoms with Crippen molar-refractivity contribution in [3.8, 4) is 0 Å². The SMILES string of the molecule is COCCN1CCC[C@](O)(CNCc2cc(C)nc(C)c2)C1=O. The second-order valence-corrected chi connectivity index (χ2v) is 6.28. The number of methoxy groups -OCH3 is 1. The number of amides is 1. The summed E-state index contributed by atoms with van der Waals surface area (Å²) in [7, 11) is 1.61. The maximum atomic E-state index is 12.5. The zero-order valence-corrected chi connectivity index (χ0v) is 14.3. The van der Waals surface area contributed by atoms with Gasteiger partial charge in [-0.2, -0.15) is 0 Å². The van der Waals surface area contributed by atoms with Crippen LogP contribution in [0.2, 0.25) is 0 Å². The molecule has 1 atom stereocenters. The minimum atomic E-state index is -1.32. The Balaban J connectivity index is 1.91. The van der Waals surface area contributed by atoms with Crippen LogP contribution in [0.1, 0.15) is 29.8 Å². The van der Waals surface area contributed by atoms with Gasteiger partial charge in [-0.1, -0.05) is 0 Å². The third-order valence-electron chi connectivity index (χ3n) is 4.16. The van der Waals surface area contributed by atoms with Gasteiger partial charge in [-0.15, -0.1) is 0 Å². The maximum absolute atomic E-state index is 12.5. The Labute approximate surface area is 137 Å². The summed E-state index contributed by atoms with van der Waals surface area (Å²) in [5.41, 5.74) is 1.74. The van der Waals surface area contributed by atoms with Crippen LogP contribution in [-0.2, 0) is 16.1 Å². The number of aryl methyl sites for hydroxylation is 2. The van der Waals surface area contributed by atoms with Gasteiger partial charge in [0.25, 0.3) is 5.91 Å². The number of rotatable bonds is 7. The molecule has 1 aliphatic rings. The molecule has 0 saturated carbocycles. The molecule has 2 heterocycles. The molecule has 0 aromatic carbocycles. The lowest BCUT2D eigenvalue weighted by Crippen LogP contribution is -2.58. The van der Waals surface area contributed by atoms with Gasteiger partial charge >= 0.3 is 0 Å². The van der Waals surface area contributed by atoms with Crippen LogP contribution in [-0.4, -0.2) is 59.8 Å². The number of piperidine rings is 1. The Morgan fingerprint density at radius 1 is 1.39 bits per heavy atom. The summed E-state index contributed by atoms with van der Waals surface area (Å²) in [4.78, 5) is 18.5. The van der Waals surface area contributed by atoms with Crippen LogP contribution in [0.5, 0.6) is 0 Å². The van der Waals surface area contributed by atoms with Crippen LogP contribution in [0.15, 0.2) is 12.1 Å². The van der Waals surface area contributed by atoms with Gasteiger partial charge in [0.05, 0.1) is 6.61 Å². The summed E-state index contributed by atoms with van der Waals surface area (Å²) >= 11 is 0. The molecule has 0 radical (unpaired) electrons. The van der Waals surface area contributed by atoms with E-state index < -0.39 is 5.60 Å². The van der Waals surface area contributed by atoms with Crippen LogP contribution in [0.4, 0.5) is 0 Å². The number of aromatic nitrogens is 1. The lowest BCUT2D eigenvalue weighted by molar-refractivity contribution is -0.157. The summed E-state index contributed by atoms with van der Waals surface area (Å²) in [5.74, 6) is -0.199. The summed E-state index contributed by atoms with van der Waals surface area (Å²) < 4.78 is 5.03. The molecule has 2 N–H and O–H groups in total. The largest absolute Gasteiger partial charge is 0.383 e. The topological polar surface area (TPSA) is 74.7 Å². The smallest absolute Gasteiger partial charge is 0.255 e. The highest BCUT2D eigenvalue weighted by Crippen LogP contribution is 2.22. The zero-order valence-electron chi connectivity index (χ0n) is 14.3. The van der Waals surface area contributed by atoms with Crippen molar-refractivity contribution in [2.45, 2.75) is 38.8 Å². The van der Waals surface area contributed by atoms with Crippen molar-refractivity contribution in [3.05, 3.63) is 29.1 Å². The van der Waals surface area contributed by atoms with Crippen LogP contribution < -0.4 is 5.32 Å². The van der Waals surface area contributed by atoms with Gasteiger partial charge in [0.1, 0.15) is 0 Å². The highest BCUT2D eigenvalue weighted by atomic mass is 16.5. The van der Waals surface area contributed by atoms with Gasteiger partial charge in [0.2, 0.25) is 0 Å². The van der Waals surface area contributed by atoms with Crippen molar-refractivity contribution in [1.82, 2.24) is 15.2 Å². The van der Waals surface area contributed by atoms with Crippen molar-refractivity contribution in [1.29, 1.82) is 0 Å². The molecule has 0 aliphatic carbocycles. The molecule has 1 saturated heterocycles. The summed E-state index contributed by atoms with van der Waals surface area (Å²) in [5, 5.41) is 13.9. The highest BCUT2D eigenvalue weighted by molar-refractivity contribution is 5.86. The number of hydrogen-bond donors (Lipinski definition) is 2. The lowest BCUT2D eigenvalue weighted by atomic mass is 9.91. The number of pyridine rings is 1. The van der Waals surface area contributed by atoms with Crippen molar-refractivity contribution in [2.24, 2.45) is 0 Å². The van der Waals surface area contributed by atoms with Crippen LogP contribution in [0, 0.1) is 13.8 Å². The molecule has 0 spiro atoms. The normalized spacial score (nSPS) is 21.7. The quantitative estimate of drug-likeness (QED) is 0.776. The fraction of sp³-hybridized carbons (Fsp3) is 0.647. The van der Waals surface area contributed by atoms with E-state index in [0.717, 1.165) is 23.4 Å². The molecule has 1 aliphatic heterocycles. The van der Waals surface area contributed by atoms with E-state index in [1.165, 1.54) is 0 Å². The molecule has 23 heavy (non-hydrogen) atoms. The minimum Gasteiger partial charge on any atom is -0.383 e. The van der Waals surface area contributed by atoms with E-state index in [2.05, 4.69) is 10.3 Å². The summed E-state index contributed by atoms with van der Waals surface area (Å²) in [6, 6.07) is 4.02. The zero-order chi connectivity index (χ0) is 16.9. The fourth-order valence-corrected chi connectivity index (χ4v) is 3.08. The average Bonchev–Trinajstić information content (AvgIpc) is 2.48. The van der Waals surface area contributed by atoms with E-state index in [1.807, 2.05) is 26.0 Å². The predicted octanol–water partition coefficient (Wildman–Crippen LogP) is 0.788. The molecule has 128 valence electrons. The summed E-state index contributed by atoms with van der Waals surface area (Å²) in [6.45, 7) is 6.50. The molecule has 1 amide bonds. The second-order valence-electron chi connectivity index (χ2n) is 6.28. The summed E-state index contributed by atoms with van der Waals surface area (Å²) in [6.07, 6.45) is 1.30. The van der Waals surface area contributed by atoms with E-state index in [4.69, 9.17) is 4.74 Å². The first kappa shape index (κ1) is 17.8. The third-order valence-corrected chi connectivity index (χ3v) is 4.16. The third kappa shape index (κ3) is 4.73. The van der Waals surface area contributed by atoms with Crippen LogP contribution in [0.3, 0.4) is 0 Å². The number of nitrogens with one attached hydrogen (secondary N) is 1. The molecule has 1 aromatic heterocycles. The molecule has 6 nitrogen and oxygen atoms in total. The molecule has 1 aromatic rings. The van der Waals surface area contributed by atoms with E-state index in [9.17, 15) is 9.90 Å². The number of hydrogen-bond acceptors (Lipinski definition) is 5. The Morgan fingerprint density at radius 2 is 2.09 bits per heavy atom. The van der Waals surface area contributed by atoms with E-state index in [-0.39, 0.29) is 12.5 Å². The molecular formula is C17H27N3O3. The number of nitrogens with zero attached hydrogens (tertiary/aromatic N) is 2. The van der Waals surface area contributed by atoms with E-state index in [0.29, 0.717) is 32.7 Å². The minimum absolute atomic E-state index is 0.199. The molecule has 0 bridgehead atoms. The van der Waals surface area contributed by atoms with Gasteiger partial charge < -0.3 is 20.1 Å². The van der Waals surface area contributed by atoms with Crippen molar-refractivity contribution < 1.29 is 14.6 Å². The molecular weight excluding hydrogens is 294 g/mol. The number of aliphatic hydroxyl groups is 1. The Kier molecular flexibility index (Phi) is 6.10. The molecule has 1 fully saturated rings. The first-order valence-corrected chi connectivity index (χ1v) is 8.10. The standard InChI is InChI=1S/C17H27N3O3/c1-13-9-15(10-14(2)19-13)11-18-12-17(22)5-4-6-20(16(17)21)7-8-23-3/h9-10,18,22H,4-8,11-12H2,1-3H3/t17-/m0/s1. The first-order valence-electron chi connectivity index (χ1n) is 8.10. The maximum Gasteiger partial charge on any atom is 0.255 e. The number of carbonyl (C=O) groups is 1. The molecule has 2 rings (SSSR count). The van der Waals surface area contributed by atoms with E-state index in [1.54, 1.807) is 12.0 Å². The lowest BCUT2D eigenvalue weighted by Gasteiger charge is -2.38.